The van der Waals surface area contributed by atoms with Crippen LogP contribution in [0.15, 0.2) is 76.1 Å². The van der Waals surface area contributed by atoms with E-state index in [1.165, 1.54) is 0 Å². The second-order valence-electron chi connectivity index (χ2n) is 6.43. The first-order valence-corrected chi connectivity index (χ1v) is 8.58. The summed E-state index contributed by atoms with van der Waals surface area (Å²) in [5.74, 6) is 0.801. The van der Waals surface area contributed by atoms with Gasteiger partial charge in [0.25, 0.3) is 5.56 Å². The summed E-state index contributed by atoms with van der Waals surface area (Å²) in [6.07, 6.45) is 2.22. The number of aromatic nitrogens is 1. The Morgan fingerprint density at radius 1 is 0.808 bits per heavy atom. The lowest BCUT2D eigenvalue weighted by molar-refractivity contribution is 0.104. The number of pyridine rings is 1. The molecule has 5 rings (SSSR count). The van der Waals surface area contributed by atoms with E-state index in [1.807, 2.05) is 54.6 Å². The van der Waals surface area contributed by atoms with Crippen molar-refractivity contribution in [3.05, 3.63) is 94.2 Å². The van der Waals surface area contributed by atoms with Crippen LogP contribution in [-0.4, -0.2) is 10.4 Å². The van der Waals surface area contributed by atoms with Gasteiger partial charge in [0, 0.05) is 34.9 Å². The molecule has 1 aliphatic rings. The van der Waals surface area contributed by atoms with Gasteiger partial charge in [0.05, 0.1) is 17.5 Å². The summed E-state index contributed by atoms with van der Waals surface area (Å²) in [5.41, 5.74) is 2.76. The van der Waals surface area contributed by atoms with E-state index in [4.69, 9.17) is 4.42 Å². The smallest absolute Gasteiger partial charge is 0.258 e. The monoisotopic (exact) mass is 341 g/mol. The number of hydrogen-bond donors (Lipinski definition) is 0. The number of ketones is 1. The van der Waals surface area contributed by atoms with Crippen molar-refractivity contribution < 1.29 is 9.21 Å². The lowest BCUT2D eigenvalue weighted by atomic mass is 10.0. The maximum absolute atomic E-state index is 13.2. The summed E-state index contributed by atoms with van der Waals surface area (Å²) in [7, 11) is 0. The Balaban J connectivity index is 1.81. The summed E-state index contributed by atoms with van der Waals surface area (Å²) in [4.78, 5) is 26.2. The number of rotatable bonds is 3. The van der Waals surface area contributed by atoms with Crippen LogP contribution in [0.2, 0.25) is 0 Å². The van der Waals surface area contributed by atoms with E-state index in [1.54, 1.807) is 16.9 Å². The van der Waals surface area contributed by atoms with Crippen LogP contribution < -0.4 is 5.56 Å². The molecule has 0 fully saturated rings. The highest BCUT2D eigenvalue weighted by molar-refractivity contribution is 6.26. The molecule has 126 valence electrons. The van der Waals surface area contributed by atoms with E-state index in [0.717, 1.165) is 22.4 Å². The van der Waals surface area contributed by atoms with Gasteiger partial charge in [0.15, 0.2) is 5.78 Å². The lowest BCUT2D eigenvalue weighted by Crippen LogP contribution is -2.24. The summed E-state index contributed by atoms with van der Waals surface area (Å²) in [6, 6.07) is 18.6. The van der Waals surface area contributed by atoms with Crippen molar-refractivity contribution >= 4 is 16.6 Å². The number of benzene rings is 2. The summed E-state index contributed by atoms with van der Waals surface area (Å²) < 4.78 is 7.14. The largest absolute Gasteiger partial charge is 0.469 e. The van der Waals surface area contributed by atoms with Crippen LogP contribution in [-0.2, 0) is 13.0 Å². The number of furan rings is 1. The molecule has 1 aliphatic carbocycles. The third-order valence-corrected chi connectivity index (χ3v) is 4.99. The molecule has 0 saturated heterocycles. The van der Waals surface area contributed by atoms with Crippen molar-refractivity contribution in [1.82, 2.24) is 4.57 Å². The molecule has 0 amide bonds. The second-order valence-corrected chi connectivity index (χ2v) is 6.43. The number of hydrogen-bond acceptors (Lipinski definition) is 3. The first-order chi connectivity index (χ1) is 12.8. The van der Waals surface area contributed by atoms with Crippen LogP contribution in [0.4, 0.5) is 0 Å². The molecule has 0 radical (unpaired) electrons. The van der Waals surface area contributed by atoms with Crippen molar-refractivity contribution in [2.75, 3.05) is 0 Å². The fourth-order valence-electron chi connectivity index (χ4n) is 3.82. The number of aryl methyl sites for hydroxylation is 1. The molecule has 2 heterocycles. The fourth-order valence-corrected chi connectivity index (χ4v) is 3.82. The molecule has 0 bridgehead atoms. The lowest BCUT2D eigenvalue weighted by Gasteiger charge is -2.14. The van der Waals surface area contributed by atoms with E-state index in [9.17, 15) is 9.59 Å². The highest BCUT2D eigenvalue weighted by Gasteiger charge is 2.32. The summed E-state index contributed by atoms with van der Waals surface area (Å²) >= 11 is 0. The molecular formula is C22H15NO3. The molecule has 4 heteroatoms. The number of nitrogens with zero attached hydrogens (tertiary/aromatic N) is 1. The molecule has 4 nitrogen and oxygen atoms in total. The molecular weight excluding hydrogens is 326 g/mol. The van der Waals surface area contributed by atoms with Crippen LogP contribution in [0.25, 0.3) is 22.0 Å². The minimum Gasteiger partial charge on any atom is -0.469 e. The predicted molar refractivity (Wildman–Crippen MR) is 99.5 cm³/mol. The van der Waals surface area contributed by atoms with Gasteiger partial charge < -0.3 is 8.98 Å². The molecule has 0 spiro atoms. The Bertz CT molecular complexity index is 1220. The minimum atomic E-state index is -0.0737. The van der Waals surface area contributed by atoms with E-state index < -0.39 is 0 Å². The Hall–Kier alpha value is -3.40. The van der Waals surface area contributed by atoms with Gasteiger partial charge >= 0.3 is 0 Å². The first-order valence-electron chi connectivity index (χ1n) is 8.58. The van der Waals surface area contributed by atoms with Gasteiger partial charge in [-0.3, -0.25) is 9.59 Å². The third-order valence-electron chi connectivity index (χ3n) is 4.99. The summed E-state index contributed by atoms with van der Waals surface area (Å²) in [6.45, 7) is 0.459. The average molecular weight is 341 g/mol. The van der Waals surface area contributed by atoms with Crippen LogP contribution in [0.3, 0.4) is 0 Å². The average Bonchev–Trinajstić information content (AvgIpc) is 3.29. The highest BCUT2D eigenvalue weighted by atomic mass is 16.3. The number of carbonyl (C=O) groups excluding carboxylic acids is 1. The van der Waals surface area contributed by atoms with Gasteiger partial charge in [-0.05, 0) is 18.2 Å². The molecule has 26 heavy (non-hydrogen) atoms. The van der Waals surface area contributed by atoms with E-state index >= 15 is 0 Å². The zero-order valence-electron chi connectivity index (χ0n) is 13.9. The van der Waals surface area contributed by atoms with Gasteiger partial charge in [-0.2, -0.15) is 0 Å². The Morgan fingerprint density at radius 2 is 1.54 bits per heavy atom. The molecule has 4 aromatic rings. The Kier molecular flexibility index (Phi) is 3.19. The maximum Gasteiger partial charge on any atom is 0.258 e. The Labute approximate surface area is 149 Å². The standard InChI is InChI=1S/C22H15NO3/c24-21-17-9-3-2-8-16(17)20-19(21)15-7-1-4-10-18(15)22(25)23(20)12-11-14-6-5-13-26-14/h1-10,13H,11-12H2. The quantitative estimate of drug-likeness (QED) is 0.497. The molecule has 0 aliphatic heterocycles. The van der Waals surface area contributed by atoms with Gasteiger partial charge in [-0.25, -0.2) is 0 Å². The van der Waals surface area contributed by atoms with Crippen LogP contribution in [0.5, 0.6) is 0 Å². The molecule has 0 saturated carbocycles. The normalized spacial score (nSPS) is 12.4. The fraction of sp³-hybridized carbons (Fsp3) is 0.0909. The van der Waals surface area contributed by atoms with Gasteiger partial charge in [0.2, 0.25) is 0 Å². The zero-order valence-corrected chi connectivity index (χ0v) is 13.9. The number of fused-ring (bicyclic) bond motifs is 5. The van der Waals surface area contributed by atoms with Crippen molar-refractivity contribution in [2.24, 2.45) is 0 Å². The molecule has 2 aromatic carbocycles. The SMILES string of the molecule is O=C1c2ccccc2-c2c1c1ccccc1c(=O)n2CCc1ccco1. The van der Waals surface area contributed by atoms with E-state index in [0.29, 0.717) is 29.5 Å². The predicted octanol–water partition coefficient (Wildman–Crippen LogP) is 4.05. The topological polar surface area (TPSA) is 52.2 Å². The van der Waals surface area contributed by atoms with Crippen molar-refractivity contribution in [2.45, 2.75) is 13.0 Å². The van der Waals surface area contributed by atoms with Crippen molar-refractivity contribution in [3.63, 3.8) is 0 Å². The molecule has 0 N–H and O–H groups in total. The van der Waals surface area contributed by atoms with Crippen molar-refractivity contribution in [3.8, 4) is 11.3 Å². The maximum atomic E-state index is 13.2. The number of carbonyl (C=O) groups is 1. The highest BCUT2D eigenvalue weighted by Crippen LogP contribution is 2.39. The molecule has 2 aromatic heterocycles. The van der Waals surface area contributed by atoms with Crippen molar-refractivity contribution in [1.29, 1.82) is 0 Å². The Morgan fingerprint density at radius 3 is 2.31 bits per heavy atom. The first kappa shape index (κ1) is 14.9. The van der Waals surface area contributed by atoms with Crippen LogP contribution in [0, 0.1) is 0 Å². The van der Waals surface area contributed by atoms with Gasteiger partial charge in [-0.1, -0.05) is 42.5 Å². The van der Waals surface area contributed by atoms with E-state index in [-0.39, 0.29) is 11.3 Å². The van der Waals surface area contributed by atoms with Crippen LogP contribution >= 0.6 is 0 Å². The molecule has 0 atom stereocenters. The third kappa shape index (κ3) is 2.02. The zero-order chi connectivity index (χ0) is 17.7. The molecule has 0 unspecified atom stereocenters. The van der Waals surface area contributed by atoms with Gasteiger partial charge in [0.1, 0.15) is 5.76 Å². The van der Waals surface area contributed by atoms with E-state index in [2.05, 4.69) is 0 Å². The summed E-state index contributed by atoms with van der Waals surface area (Å²) in [5, 5.41) is 1.30. The minimum absolute atomic E-state index is 0.0152. The second kappa shape index (κ2) is 5.56. The van der Waals surface area contributed by atoms with Crippen LogP contribution in [0.1, 0.15) is 21.7 Å². The van der Waals surface area contributed by atoms with Gasteiger partial charge in [-0.15, -0.1) is 0 Å².